The quantitative estimate of drug-likeness (QED) is 0.637. The Labute approximate surface area is 150 Å². The van der Waals surface area contributed by atoms with Crippen molar-refractivity contribution < 1.29 is 19.4 Å². The molecule has 1 aromatic rings. The lowest BCUT2D eigenvalue weighted by Gasteiger charge is -2.48. The molecule has 1 amide bonds. The average molecular weight is 349 g/mol. The molecule has 5 heteroatoms. The molecule has 0 radical (unpaired) electrons. The molecule has 1 aromatic carbocycles. The SMILES string of the molecule is COCCOc1ccc(CC(=O)N[C@H](C(C)C)C2(CO)CCC2)cc1. The molecule has 0 aliphatic heterocycles. The minimum absolute atomic E-state index is 0.00600. The molecule has 0 aromatic heterocycles. The van der Waals surface area contributed by atoms with E-state index < -0.39 is 0 Å². The van der Waals surface area contributed by atoms with Gasteiger partial charge in [0.25, 0.3) is 0 Å². The molecule has 0 unspecified atom stereocenters. The summed E-state index contributed by atoms with van der Waals surface area (Å²) in [6.45, 7) is 5.41. The molecule has 2 rings (SSSR count). The predicted octanol–water partition coefficient (Wildman–Crippen LogP) is 2.56. The van der Waals surface area contributed by atoms with Gasteiger partial charge in [-0.25, -0.2) is 0 Å². The second-order valence-electron chi connectivity index (χ2n) is 7.33. The van der Waals surface area contributed by atoms with E-state index in [4.69, 9.17) is 9.47 Å². The van der Waals surface area contributed by atoms with Crippen LogP contribution in [0.1, 0.15) is 38.7 Å². The van der Waals surface area contributed by atoms with Crippen LogP contribution in [0.15, 0.2) is 24.3 Å². The Morgan fingerprint density at radius 2 is 1.92 bits per heavy atom. The molecule has 25 heavy (non-hydrogen) atoms. The molecule has 5 nitrogen and oxygen atoms in total. The molecular weight excluding hydrogens is 318 g/mol. The van der Waals surface area contributed by atoms with Gasteiger partial charge in [0, 0.05) is 18.6 Å². The van der Waals surface area contributed by atoms with Gasteiger partial charge in [-0.15, -0.1) is 0 Å². The number of carbonyl (C=O) groups excluding carboxylic acids is 1. The van der Waals surface area contributed by atoms with Crippen LogP contribution in [0, 0.1) is 11.3 Å². The van der Waals surface area contributed by atoms with E-state index in [-0.39, 0.29) is 24.0 Å². The molecule has 2 N–H and O–H groups in total. The normalized spacial score (nSPS) is 17.0. The number of rotatable bonds is 10. The number of methoxy groups -OCH3 is 1. The van der Waals surface area contributed by atoms with Crippen molar-refractivity contribution >= 4 is 5.91 Å². The van der Waals surface area contributed by atoms with E-state index in [9.17, 15) is 9.90 Å². The second kappa shape index (κ2) is 9.20. The molecule has 0 saturated heterocycles. The number of amides is 1. The maximum absolute atomic E-state index is 12.5. The third-order valence-corrected chi connectivity index (χ3v) is 5.15. The van der Waals surface area contributed by atoms with Crippen molar-refractivity contribution in [2.24, 2.45) is 11.3 Å². The Kier molecular flexibility index (Phi) is 7.26. The third kappa shape index (κ3) is 5.19. The van der Waals surface area contributed by atoms with Gasteiger partial charge in [-0.1, -0.05) is 32.4 Å². The Hall–Kier alpha value is -1.59. The summed E-state index contributed by atoms with van der Waals surface area (Å²) in [5.41, 5.74) is 0.814. The van der Waals surface area contributed by atoms with Gasteiger partial charge in [0.2, 0.25) is 5.91 Å². The lowest BCUT2D eigenvalue weighted by Crippen LogP contribution is -2.56. The molecule has 1 atom stereocenters. The molecule has 0 spiro atoms. The molecule has 1 saturated carbocycles. The number of carbonyl (C=O) groups is 1. The van der Waals surface area contributed by atoms with E-state index in [2.05, 4.69) is 19.2 Å². The second-order valence-corrected chi connectivity index (χ2v) is 7.33. The van der Waals surface area contributed by atoms with Crippen molar-refractivity contribution in [1.82, 2.24) is 5.32 Å². The van der Waals surface area contributed by atoms with Crippen molar-refractivity contribution in [3.8, 4) is 5.75 Å². The number of benzene rings is 1. The van der Waals surface area contributed by atoms with Crippen molar-refractivity contribution in [3.63, 3.8) is 0 Å². The maximum Gasteiger partial charge on any atom is 0.224 e. The van der Waals surface area contributed by atoms with Gasteiger partial charge in [-0.05, 0) is 36.5 Å². The van der Waals surface area contributed by atoms with E-state index >= 15 is 0 Å². The van der Waals surface area contributed by atoms with Crippen molar-refractivity contribution in [2.75, 3.05) is 26.9 Å². The number of nitrogens with one attached hydrogen (secondary N) is 1. The highest BCUT2D eigenvalue weighted by molar-refractivity contribution is 5.79. The van der Waals surface area contributed by atoms with Gasteiger partial charge in [0.1, 0.15) is 12.4 Å². The monoisotopic (exact) mass is 349 g/mol. The Morgan fingerprint density at radius 3 is 2.40 bits per heavy atom. The van der Waals surface area contributed by atoms with Crippen LogP contribution in [0.5, 0.6) is 5.75 Å². The number of aliphatic hydroxyl groups excluding tert-OH is 1. The van der Waals surface area contributed by atoms with Gasteiger partial charge in [0.15, 0.2) is 0 Å². The fourth-order valence-corrected chi connectivity index (χ4v) is 3.58. The lowest BCUT2D eigenvalue weighted by molar-refractivity contribution is -0.124. The molecule has 140 valence electrons. The van der Waals surface area contributed by atoms with Crippen LogP contribution in [0.4, 0.5) is 0 Å². The Morgan fingerprint density at radius 1 is 1.24 bits per heavy atom. The van der Waals surface area contributed by atoms with Crippen LogP contribution in [0.2, 0.25) is 0 Å². The first kappa shape index (κ1) is 19.7. The summed E-state index contributed by atoms with van der Waals surface area (Å²) >= 11 is 0. The summed E-state index contributed by atoms with van der Waals surface area (Å²) in [5.74, 6) is 1.08. The van der Waals surface area contributed by atoms with E-state index in [1.807, 2.05) is 24.3 Å². The zero-order valence-electron chi connectivity index (χ0n) is 15.6. The minimum atomic E-state index is -0.136. The van der Waals surface area contributed by atoms with Gasteiger partial charge in [0.05, 0.1) is 19.6 Å². The molecular formula is C20H31NO4. The summed E-state index contributed by atoms with van der Waals surface area (Å²) in [4.78, 5) is 12.5. The maximum atomic E-state index is 12.5. The summed E-state index contributed by atoms with van der Waals surface area (Å²) in [6, 6.07) is 7.60. The van der Waals surface area contributed by atoms with Crippen LogP contribution < -0.4 is 10.1 Å². The predicted molar refractivity (Wildman–Crippen MR) is 97.7 cm³/mol. The summed E-state index contributed by atoms with van der Waals surface area (Å²) < 4.78 is 10.5. The third-order valence-electron chi connectivity index (χ3n) is 5.15. The fraction of sp³-hybridized carbons (Fsp3) is 0.650. The molecule has 1 fully saturated rings. The first-order valence-electron chi connectivity index (χ1n) is 9.11. The number of hydrogen-bond acceptors (Lipinski definition) is 4. The van der Waals surface area contributed by atoms with Crippen molar-refractivity contribution in [2.45, 2.75) is 45.6 Å². The molecule has 1 aliphatic carbocycles. The number of hydrogen-bond donors (Lipinski definition) is 2. The van der Waals surface area contributed by atoms with Crippen LogP contribution in [-0.2, 0) is 16.0 Å². The first-order chi connectivity index (χ1) is 12.0. The Bertz CT molecular complexity index is 532. The van der Waals surface area contributed by atoms with Crippen molar-refractivity contribution in [1.29, 1.82) is 0 Å². The highest BCUT2D eigenvalue weighted by Gasteiger charge is 2.45. The average Bonchev–Trinajstić information content (AvgIpc) is 2.55. The zero-order valence-corrected chi connectivity index (χ0v) is 15.6. The highest BCUT2D eigenvalue weighted by Crippen LogP contribution is 2.45. The molecule has 1 aliphatic rings. The van der Waals surface area contributed by atoms with Crippen LogP contribution in [0.3, 0.4) is 0 Å². The minimum Gasteiger partial charge on any atom is -0.491 e. The number of aliphatic hydroxyl groups is 1. The van der Waals surface area contributed by atoms with Crippen LogP contribution in [0.25, 0.3) is 0 Å². The topological polar surface area (TPSA) is 67.8 Å². The van der Waals surface area contributed by atoms with E-state index in [0.717, 1.165) is 30.6 Å². The van der Waals surface area contributed by atoms with Crippen molar-refractivity contribution in [3.05, 3.63) is 29.8 Å². The lowest BCUT2D eigenvalue weighted by atomic mass is 9.62. The number of ether oxygens (including phenoxy) is 2. The van der Waals surface area contributed by atoms with Gasteiger partial charge in [-0.3, -0.25) is 4.79 Å². The summed E-state index contributed by atoms with van der Waals surface area (Å²) in [7, 11) is 1.64. The highest BCUT2D eigenvalue weighted by atomic mass is 16.5. The Balaban J connectivity index is 1.90. The first-order valence-corrected chi connectivity index (χ1v) is 9.11. The standard InChI is InChI=1S/C20H31NO4/c1-15(2)19(20(14-22)9-4-10-20)21-18(23)13-16-5-7-17(8-6-16)25-12-11-24-3/h5-8,15,19,22H,4,9-14H2,1-3H3,(H,21,23)/t19-/m1/s1. The van der Waals surface area contributed by atoms with Crippen LogP contribution >= 0.6 is 0 Å². The van der Waals surface area contributed by atoms with Gasteiger partial charge < -0.3 is 19.9 Å². The zero-order chi connectivity index (χ0) is 18.3. The van der Waals surface area contributed by atoms with E-state index in [0.29, 0.717) is 25.6 Å². The molecule has 0 bridgehead atoms. The molecule has 0 heterocycles. The largest absolute Gasteiger partial charge is 0.491 e. The van der Waals surface area contributed by atoms with E-state index in [1.54, 1.807) is 7.11 Å². The van der Waals surface area contributed by atoms with Gasteiger partial charge >= 0.3 is 0 Å². The van der Waals surface area contributed by atoms with Crippen LogP contribution in [-0.4, -0.2) is 44.0 Å². The summed E-state index contributed by atoms with van der Waals surface area (Å²) in [5, 5.41) is 13.0. The van der Waals surface area contributed by atoms with Gasteiger partial charge in [-0.2, -0.15) is 0 Å². The van der Waals surface area contributed by atoms with E-state index in [1.165, 1.54) is 0 Å². The smallest absolute Gasteiger partial charge is 0.224 e. The fourth-order valence-electron chi connectivity index (χ4n) is 3.58. The summed E-state index contributed by atoms with van der Waals surface area (Å²) in [6.07, 6.45) is 3.44.